The molecule has 1 aliphatic rings. The highest BCUT2D eigenvalue weighted by Crippen LogP contribution is 2.31. The van der Waals surface area contributed by atoms with Crippen molar-refractivity contribution in [1.82, 2.24) is 4.90 Å². The molecule has 0 aromatic heterocycles. The Hall–Kier alpha value is -1.13. The third kappa shape index (κ3) is 3.93. The topological polar surface area (TPSA) is 38.5 Å². The average Bonchev–Trinajstić information content (AvgIpc) is 3.21. The van der Waals surface area contributed by atoms with Crippen LogP contribution in [-0.2, 0) is 0 Å². The van der Waals surface area contributed by atoms with Crippen LogP contribution in [0.3, 0.4) is 0 Å². The third-order valence-electron chi connectivity index (χ3n) is 3.96. The van der Waals surface area contributed by atoms with E-state index in [1.165, 1.54) is 26.0 Å². The Labute approximate surface area is 120 Å². The molecule has 1 aromatic carbocycles. The molecule has 0 radical (unpaired) electrons. The summed E-state index contributed by atoms with van der Waals surface area (Å²) in [5.74, 6) is 0.746. The monoisotopic (exact) mass is 280 g/mol. The molecule has 1 aliphatic carbocycles. The summed E-state index contributed by atoms with van der Waals surface area (Å²) in [5.41, 5.74) is 7.06. The first-order chi connectivity index (χ1) is 9.51. The SMILES string of the molecule is COc1ccc(C(N)CN(CC2CC2)C(C)C)cc1F. The quantitative estimate of drug-likeness (QED) is 0.834. The summed E-state index contributed by atoms with van der Waals surface area (Å²) < 4.78 is 18.7. The minimum atomic E-state index is -0.348. The molecule has 1 unspecified atom stereocenters. The molecule has 20 heavy (non-hydrogen) atoms. The standard InChI is InChI=1S/C16H25FN2O/c1-11(2)19(9-12-4-5-12)10-15(18)13-6-7-16(20-3)14(17)8-13/h6-8,11-12,15H,4-5,9-10,18H2,1-3H3. The normalized spacial score (nSPS) is 16.8. The summed E-state index contributed by atoms with van der Waals surface area (Å²) in [6.45, 7) is 6.23. The van der Waals surface area contributed by atoms with Gasteiger partial charge in [0.2, 0.25) is 0 Å². The molecule has 0 heterocycles. The number of nitrogens with two attached hydrogens (primary N) is 1. The van der Waals surface area contributed by atoms with Gasteiger partial charge in [0.1, 0.15) is 0 Å². The van der Waals surface area contributed by atoms with Gasteiger partial charge >= 0.3 is 0 Å². The van der Waals surface area contributed by atoms with Crippen LogP contribution in [0.1, 0.15) is 38.3 Å². The van der Waals surface area contributed by atoms with E-state index in [4.69, 9.17) is 10.5 Å². The van der Waals surface area contributed by atoms with E-state index in [9.17, 15) is 4.39 Å². The van der Waals surface area contributed by atoms with Crippen LogP contribution in [-0.4, -0.2) is 31.1 Å². The molecule has 112 valence electrons. The number of hydrogen-bond donors (Lipinski definition) is 1. The molecule has 0 aliphatic heterocycles. The number of halogens is 1. The Morgan fingerprint density at radius 1 is 1.40 bits per heavy atom. The maximum Gasteiger partial charge on any atom is 0.165 e. The van der Waals surface area contributed by atoms with Gasteiger partial charge in [-0.15, -0.1) is 0 Å². The van der Waals surface area contributed by atoms with E-state index in [2.05, 4.69) is 18.7 Å². The Morgan fingerprint density at radius 2 is 2.10 bits per heavy atom. The predicted molar refractivity (Wildman–Crippen MR) is 79.3 cm³/mol. The van der Waals surface area contributed by atoms with Gasteiger partial charge in [0, 0.05) is 25.2 Å². The first kappa shape index (κ1) is 15.3. The van der Waals surface area contributed by atoms with Gasteiger partial charge in [-0.1, -0.05) is 6.07 Å². The van der Waals surface area contributed by atoms with Crippen LogP contribution in [0.5, 0.6) is 5.75 Å². The number of rotatable bonds is 7. The van der Waals surface area contributed by atoms with Crippen molar-refractivity contribution in [2.45, 2.75) is 38.8 Å². The smallest absolute Gasteiger partial charge is 0.165 e. The van der Waals surface area contributed by atoms with Gasteiger partial charge in [0.25, 0.3) is 0 Å². The molecule has 1 saturated carbocycles. The second-order valence-electron chi connectivity index (χ2n) is 5.99. The third-order valence-corrected chi connectivity index (χ3v) is 3.96. The highest BCUT2D eigenvalue weighted by molar-refractivity contribution is 5.31. The lowest BCUT2D eigenvalue weighted by Gasteiger charge is -2.29. The van der Waals surface area contributed by atoms with E-state index in [1.807, 2.05) is 6.07 Å². The zero-order valence-electron chi connectivity index (χ0n) is 12.6. The number of ether oxygens (including phenoxy) is 1. The maximum atomic E-state index is 13.7. The summed E-state index contributed by atoms with van der Waals surface area (Å²) in [6, 6.07) is 5.27. The lowest BCUT2D eigenvalue weighted by Crippen LogP contribution is -2.38. The fraction of sp³-hybridized carbons (Fsp3) is 0.625. The summed E-state index contributed by atoms with van der Waals surface area (Å²) in [6.07, 6.45) is 2.66. The van der Waals surface area contributed by atoms with E-state index in [1.54, 1.807) is 6.07 Å². The zero-order valence-corrected chi connectivity index (χ0v) is 12.6. The van der Waals surface area contributed by atoms with Crippen molar-refractivity contribution in [3.05, 3.63) is 29.6 Å². The first-order valence-electron chi connectivity index (χ1n) is 7.34. The van der Waals surface area contributed by atoms with E-state index in [-0.39, 0.29) is 17.6 Å². The summed E-state index contributed by atoms with van der Waals surface area (Å²) in [7, 11) is 1.47. The van der Waals surface area contributed by atoms with Crippen LogP contribution in [0.4, 0.5) is 4.39 Å². The molecule has 1 aromatic rings. The van der Waals surface area contributed by atoms with Gasteiger partial charge in [-0.25, -0.2) is 4.39 Å². The molecule has 0 amide bonds. The Morgan fingerprint density at radius 3 is 2.60 bits per heavy atom. The lowest BCUT2D eigenvalue weighted by molar-refractivity contribution is 0.200. The molecule has 0 saturated heterocycles. The molecule has 1 fully saturated rings. The maximum absolute atomic E-state index is 13.7. The van der Waals surface area contributed by atoms with E-state index < -0.39 is 0 Å². The molecule has 2 rings (SSSR count). The highest BCUT2D eigenvalue weighted by Gasteiger charge is 2.26. The van der Waals surface area contributed by atoms with Gasteiger partial charge in [0.15, 0.2) is 11.6 Å². The number of nitrogens with zero attached hydrogens (tertiary/aromatic N) is 1. The van der Waals surface area contributed by atoms with Crippen LogP contribution >= 0.6 is 0 Å². The number of benzene rings is 1. The van der Waals surface area contributed by atoms with Gasteiger partial charge in [0.05, 0.1) is 7.11 Å². The Bertz CT molecular complexity index is 446. The summed E-state index contributed by atoms with van der Waals surface area (Å²) in [4.78, 5) is 2.39. The summed E-state index contributed by atoms with van der Waals surface area (Å²) >= 11 is 0. The Balaban J connectivity index is 2.01. The zero-order chi connectivity index (χ0) is 14.7. The van der Waals surface area contributed by atoms with Crippen molar-refractivity contribution < 1.29 is 9.13 Å². The van der Waals surface area contributed by atoms with Crippen LogP contribution in [0.25, 0.3) is 0 Å². The van der Waals surface area contributed by atoms with Crippen LogP contribution in [0, 0.1) is 11.7 Å². The van der Waals surface area contributed by atoms with E-state index in [0.717, 1.165) is 24.6 Å². The average molecular weight is 280 g/mol. The van der Waals surface area contributed by atoms with E-state index >= 15 is 0 Å². The molecule has 0 bridgehead atoms. The number of methoxy groups -OCH3 is 1. The van der Waals surface area contributed by atoms with Crippen LogP contribution in [0.2, 0.25) is 0 Å². The molecular weight excluding hydrogens is 255 g/mol. The van der Waals surface area contributed by atoms with Crippen molar-refractivity contribution in [2.24, 2.45) is 11.7 Å². The molecular formula is C16H25FN2O. The predicted octanol–water partition coefficient (Wildman–Crippen LogP) is 2.95. The minimum absolute atomic E-state index is 0.170. The second-order valence-corrected chi connectivity index (χ2v) is 5.99. The van der Waals surface area contributed by atoms with Crippen molar-refractivity contribution in [3.63, 3.8) is 0 Å². The van der Waals surface area contributed by atoms with Crippen LogP contribution < -0.4 is 10.5 Å². The highest BCUT2D eigenvalue weighted by atomic mass is 19.1. The second kappa shape index (κ2) is 6.55. The van der Waals surface area contributed by atoms with Crippen LogP contribution in [0.15, 0.2) is 18.2 Å². The first-order valence-corrected chi connectivity index (χ1v) is 7.34. The fourth-order valence-corrected chi connectivity index (χ4v) is 2.40. The van der Waals surface area contributed by atoms with Gasteiger partial charge < -0.3 is 10.5 Å². The van der Waals surface area contributed by atoms with Crippen molar-refractivity contribution >= 4 is 0 Å². The number of hydrogen-bond acceptors (Lipinski definition) is 3. The van der Waals surface area contributed by atoms with Crippen molar-refractivity contribution in [3.8, 4) is 5.75 Å². The minimum Gasteiger partial charge on any atom is -0.494 e. The molecule has 3 nitrogen and oxygen atoms in total. The fourth-order valence-electron chi connectivity index (χ4n) is 2.40. The lowest BCUT2D eigenvalue weighted by atomic mass is 10.1. The molecule has 1 atom stereocenters. The largest absolute Gasteiger partial charge is 0.494 e. The van der Waals surface area contributed by atoms with Gasteiger partial charge in [-0.05, 0) is 50.3 Å². The van der Waals surface area contributed by atoms with Crippen molar-refractivity contribution in [2.75, 3.05) is 20.2 Å². The molecule has 2 N–H and O–H groups in total. The Kier molecular flexibility index (Phi) is 5.00. The van der Waals surface area contributed by atoms with Crippen molar-refractivity contribution in [1.29, 1.82) is 0 Å². The van der Waals surface area contributed by atoms with E-state index in [0.29, 0.717) is 6.04 Å². The molecule has 0 spiro atoms. The van der Waals surface area contributed by atoms with Gasteiger partial charge in [-0.2, -0.15) is 0 Å². The van der Waals surface area contributed by atoms with Gasteiger partial charge in [-0.3, -0.25) is 4.90 Å². The molecule has 4 heteroatoms. The summed E-state index contributed by atoms with van der Waals surface area (Å²) in [5, 5.41) is 0.